The van der Waals surface area contributed by atoms with Gasteiger partial charge in [0.1, 0.15) is 11.2 Å². The van der Waals surface area contributed by atoms with E-state index in [0.29, 0.717) is 11.3 Å². The summed E-state index contributed by atoms with van der Waals surface area (Å²) in [7, 11) is 0. The van der Waals surface area contributed by atoms with Gasteiger partial charge in [0.05, 0.1) is 12.2 Å². The number of amides is 3. The Hall–Kier alpha value is -2.70. The summed E-state index contributed by atoms with van der Waals surface area (Å²) in [6.07, 6.45) is 5.61. The Labute approximate surface area is 143 Å². The molecule has 0 atom stereocenters. The van der Waals surface area contributed by atoms with Crippen LogP contribution in [0.1, 0.15) is 31.4 Å². The lowest BCUT2D eigenvalue weighted by molar-refractivity contribution is -0.133. The van der Waals surface area contributed by atoms with Crippen molar-refractivity contribution in [3.05, 3.63) is 46.5 Å². The Bertz CT molecular complexity index is 946. The van der Waals surface area contributed by atoms with E-state index in [4.69, 9.17) is 0 Å². The highest BCUT2D eigenvalue weighted by atomic mass is 16.2. The number of aromatic nitrogens is 2. The number of urea groups is 1. The van der Waals surface area contributed by atoms with Gasteiger partial charge in [-0.1, -0.05) is 6.07 Å². The lowest BCUT2D eigenvalue weighted by Crippen LogP contribution is -2.51. The summed E-state index contributed by atoms with van der Waals surface area (Å²) in [6, 6.07) is 6.31. The van der Waals surface area contributed by atoms with Crippen LogP contribution in [0.3, 0.4) is 0 Å². The van der Waals surface area contributed by atoms with Crippen LogP contribution in [0.2, 0.25) is 0 Å². The summed E-state index contributed by atoms with van der Waals surface area (Å²) in [5, 5.41) is 2.99. The first-order valence-electron chi connectivity index (χ1n) is 8.71. The molecule has 0 bridgehead atoms. The third-order valence-corrected chi connectivity index (χ3v) is 5.54. The first kappa shape index (κ1) is 14.6. The fourth-order valence-corrected chi connectivity index (χ4v) is 4.07. The number of hydrogen-bond acceptors (Lipinski definition) is 4. The molecule has 0 spiro atoms. The maximum Gasteiger partial charge on any atom is 0.325 e. The maximum atomic E-state index is 13.1. The maximum absolute atomic E-state index is 13.1. The normalized spacial score (nSPS) is 22.5. The number of hydrogen-bond donors (Lipinski definition) is 1. The number of nitrogens with one attached hydrogen (secondary N) is 1. The Kier molecular flexibility index (Phi) is 2.87. The largest absolute Gasteiger partial charge is 0.325 e. The molecule has 3 heterocycles. The average molecular weight is 338 g/mol. The smallest absolute Gasteiger partial charge is 0.323 e. The van der Waals surface area contributed by atoms with Gasteiger partial charge in [-0.25, -0.2) is 9.78 Å². The van der Waals surface area contributed by atoms with Gasteiger partial charge >= 0.3 is 6.03 Å². The second kappa shape index (κ2) is 4.91. The number of imide groups is 1. The van der Waals surface area contributed by atoms with E-state index in [9.17, 15) is 14.4 Å². The minimum absolute atomic E-state index is 0.0342. The van der Waals surface area contributed by atoms with Gasteiger partial charge in [-0.3, -0.25) is 18.9 Å². The topological polar surface area (TPSA) is 83.8 Å². The van der Waals surface area contributed by atoms with E-state index in [2.05, 4.69) is 10.3 Å². The number of nitrogens with zero attached hydrogens (tertiary/aromatic N) is 3. The van der Waals surface area contributed by atoms with Gasteiger partial charge in [-0.2, -0.15) is 0 Å². The molecule has 0 radical (unpaired) electrons. The number of fused-ring (bicyclic) bond motifs is 1. The first-order chi connectivity index (χ1) is 12.1. The van der Waals surface area contributed by atoms with Crippen molar-refractivity contribution in [3.63, 3.8) is 0 Å². The van der Waals surface area contributed by atoms with Gasteiger partial charge in [-0.05, 0) is 49.7 Å². The Morgan fingerprint density at radius 1 is 1.12 bits per heavy atom. The van der Waals surface area contributed by atoms with Crippen molar-refractivity contribution in [1.82, 2.24) is 19.6 Å². The van der Waals surface area contributed by atoms with E-state index in [1.165, 1.54) is 15.4 Å². The monoisotopic (exact) mass is 338 g/mol. The molecule has 7 nitrogen and oxygen atoms in total. The molecular formula is C18H18N4O3. The third-order valence-electron chi connectivity index (χ3n) is 5.54. The van der Waals surface area contributed by atoms with Gasteiger partial charge in [-0.15, -0.1) is 0 Å². The molecule has 0 aromatic carbocycles. The fraction of sp³-hybridized carbons (Fsp3) is 0.444. The van der Waals surface area contributed by atoms with Crippen LogP contribution in [0, 0.1) is 11.8 Å². The highest BCUT2D eigenvalue weighted by Gasteiger charge is 2.65. The minimum atomic E-state index is -0.705. The van der Waals surface area contributed by atoms with Crippen LogP contribution >= 0.6 is 0 Å². The summed E-state index contributed by atoms with van der Waals surface area (Å²) in [5.41, 5.74) is 0.0151. The highest BCUT2D eigenvalue weighted by Crippen LogP contribution is 2.54. The van der Waals surface area contributed by atoms with E-state index in [1.54, 1.807) is 24.4 Å². The van der Waals surface area contributed by atoms with Gasteiger partial charge in [0.2, 0.25) is 0 Å². The van der Waals surface area contributed by atoms with Crippen molar-refractivity contribution in [2.45, 2.75) is 37.8 Å². The number of rotatable bonds is 4. The molecule has 25 heavy (non-hydrogen) atoms. The summed E-state index contributed by atoms with van der Waals surface area (Å²) in [5.74, 6) is 0.380. The number of pyridine rings is 1. The molecule has 3 fully saturated rings. The summed E-state index contributed by atoms with van der Waals surface area (Å²) in [6.45, 7) is 0.0342. The molecular weight excluding hydrogens is 320 g/mol. The van der Waals surface area contributed by atoms with E-state index in [0.717, 1.165) is 25.7 Å². The lowest BCUT2D eigenvalue weighted by Gasteiger charge is -2.26. The summed E-state index contributed by atoms with van der Waals surface area (Å²) >= 11 is 0. The predicted molar refractivity (Wildman–Crippen MR) is 88.7 cm³/mol. The molecule has 1 aliphatic heterocycles. The molecule has 128 valence electrons. The molecule has 2 aliphatic carbocycles. The van der Waals surface area contributed by atoms with E-state index < -0.39 is 5.54 Å². The van der Waals surface area contributed by atoms with Crippen LogP contribution in [0.25, 0.3) is 5.65 Å². The average Bonchev–Trinajstić information content (AvgIpc) is 3.49. The zero-order chi connectivity index (χ0) is 17.2. The Balaban J connectivity index is 1.49. The Morgan fingerprint density at radius 2 is 1.84 bits per heavy atom. The molecule has 3 aliphatic rings. The molecule has 2 saturated carbocycles. The predicted octanol–water partition coefficient (Wildman–Crippen LogP) is 1.31. The molecule has 1 N–H and O–H groups in total. The standard InChI is InChI=1S/C18H18N4O3/c23-15-9-13(19-14-3-1-2-8-21(14)15)10-22-16(24)18(11-4-5-11,12-6-7-12)20-17(22)25/h1-3,8-9,11-12H,4-7,10H2,(H,20,25). The third kappa shape index (κ3) is 2.11. The van der Waals surface area contributed by atoms with E-state index >= 15 is 0 Å². The van der Waals surface area contributed by atoms with Crippen LogP contribution in [0.4, 0.5) is 4.79 Å². The molecule has 7 heteroatoms. The van der Waals surface area contributed by atoms with Gasteiger partial charge in [0, 0.05) is 12.3 Å². The van der Waals surface area contributed by atoms with E-state index in [1.807, 2.05) is 0 Å². The van der Waals surface area contributed by atoms with Crippen LogP contribution in [-0.2, 0) is 11.3 Å². The molecule has 3 amide bonds. The van der Waals surface area contributed by atoms with Crippen LogP contribution < -0.4 is 10.9 Å². The van der Waals surface area contributed by atoms with Gasteiger partial charge in [0.25, 0.3) is 11.5 Å². The van der Waals surface area contributed by atoms with Crippen LogP contribution in [0.5, 0.6) is 0 Å². The zero-order valence-electron chi connectivity index (χ0n) is 13.6. The van der Waals surface area contributed by atoms with E-state index in [-0.39, 0.29) is 35.9 Å². The summed E-state index contributed by atoms with van der Waals surface area (Å²) in [4.78, 5) is 43.5. The minimum Gasteiger partial charge on any atom is -0.323 e. The zero-order valence-corrected chi connectivity index (χ0v) is 13.6. The lowest BCUT2D eigenvalue weighted by atomic mass is 9.87. The first-order valence-corrected chi connectivity index (χ1v) is 8.71. The summed E-state index contributed by atoms with van der Waals surface area (Å²) < 4.78 is 1.44. The quantitative estimate of drug-likeness (QED) is 0.852. The molecule has 2 aromatic rings. The number of carbonyl (C=O) groups is 2. The molecule has 5 rings (SSSR count). The van der Waals surface area contributed by atoms with Gasteiger partial charge < -0.3 is 5.32 Å². The van der Waals surface area contributed by atoms with Crippen molar-refractivity contribution in [2.75, 3.05) is 0 Å². The molecule has 1 saturated heterocycles. The molecule has 2 aromatic heterocycles. The second-order valence-electron chi connectivity index (χ2n) is 7.25. The van der Waals surface area contributed by atoms with Crippen molar-refractivity contribution < 1.29 is 9.59 Å². The van der Waals surface area contributed by atoms with Crippen molar-refractivity contribution >= 4 is 17.6 Å². The fourth-order valence-electron chi connectivity index (χ4n) is 4.07. The van der Waals surface area contributed by atoms with Gasteiger partial charge in [0.15, 0.2) is 0 Å². The number of carbonyl (C=O) groups excluding carboxylic acids is 2. The van der Waals surface area contributed by atoms with Crippen molar-refractivity contribution in [2.24, 2.45) is 11.8 Å². The second-order valence-corrected chi connectivity index (χ2v) is 7.25. The highest BCUT2D eigenvalue weighted by molar-refractivity contribution is 6.07. The molecule has 0 unspecified atom stereocenters. The van der Waals surface area contributed by atoms with Crippen molar-refractivity contribution in [3.8, 4) is 0 Å². The SMILES string of the molecule is O=C1NC(C2CC2)(C2CC2)C(=O)N1Cc1cc(=O)n2ccccc2n1. The van der Waals surface area contributed by atoms with Crippen LogP contribution in [-0.4, -0.2) is 31.8 Å². The van der Waals surface area contributed by atoms with Crippen LogP contribution in [0.15, 0.2) is 35.3 Å². The van der Waals surface area contributed by atoms with Crippen molar-refractivity contribution in [1.29, 1.82) is 0 Å². The Morgan fingerprint density at radius 3 is 2.52 bits per heavy atom.